The van der Waals surface area contributed by atoms with Crippen LogP contribution < -0.4 is 4.74 Å². The van der Waals surface area contributed by atoms with Crippen molar-refractivity contribution in [2.24, 2.45) is 0 Å². The van der Waals surface area contributed by atoms with E-state index < -0.39 is 17.8 Å². The van der Waals surface area contributed by atoms with Crippen molar-refractivity contribution >= 4 is 6.16 Å². The minimum Gasteiger partial charge on any atom is -0.433 e. The first-order valence-corrected chi connectivity index (χ1v) is 5.59. The van der Waals surface area contributed by atoms with Crippen LogP contribution in [0.1, 0.15) is 0 Å². The van der Waals surface area contributed by atoms with Gasteiger partial charge < -0.3 is 13.9 Å². The van der Waals surface area contributed by atoms with E-state index in [4.69, 9.17) is 9.15 Å². The normalized spacial score (nSPS) is 10.1. The Morgan fingerprint density at radius 3 is 2.65 bits per heavy atom. The summed E-state index contributed by atoms with van der Waals surface area (Å²) in [4.78, 5) is 11.3. The van der Waals surface area contributed by atoms with Gasteiger partial charge in [0, 0.05) is 6.07 Å². The number of furan rings is 1. The molecule has 0 atom stereocenters. The van der Waals surface area contributed by atoms with E-state index in [2.05, 4.69) is 11.3 Å². The molecule has 20 heavy (non-hydrogen) atoms. The number of carbonyl (C=O) groups excluding carboxylic acids is 1. The molecule has 0 N–H and O–H groups in total. The second kappa shape index (κ2) is 6.01. The molecule has 4 nitrogen and oxygen atoms in total. The van der Waals surface area contributed by atoms with Gasteiger partial charge in [-0.3, -0.25) is 0 Å². The molecule has 0 radical (unpaired) electrons. The Bertz CT molecular complexity index is 614. The van der Waals surface area contributed by atoms with E-state index in [0.717, 1.165) is 18.2 Å². The molecule has 1 aromatic heterocycles. The highest BCUT2D eigenvalue weighted by molar-refractivity contribution is 5.72. The van der Waals surface area contributed by atoms with Gasteiger partial charge >= 0.3 is 12.1 Å². The predicted octanol–water partition coefficient (Wildman–Crippen LogP) is 3.93. The number of ether oxygens (including phenoxy) is 2. The van der Waals surface area contributed by atoms with E-state index in [1.54, 1.807) is 0 Å². The molecule has 6 heteroatoms. The molecule has 0 aliphatic rings. The van der Waals surface area contributed by atoms with Gasteiger partial charge in [-0.05, 0) is 23.8 Å². The number of benzene rings is 1. The lowest BCUT2D eigenvalue weighted by Crippen LogP contribution is -2.10. The summed E-state index contributed by atoms with van der Waals surface area (Å²) in [5, 5.41) is 0. The van der Waals surface area contributed by atoms with Gasteiger partial charge in [0.25, 0.3) is 0 Å². The Balaban J connectivity index is 2.24. The predicted molar refractivity (Wildman–Crippen MR) is 66.2 cm³/mol. The lowest BCUT2D eigenvalue weighted by molar-refractivity contribution is 0.100. The smallest absolute Gasteiger partial charge is 0.433 e. The molecule has 1 aromatic carbocycles. The Hall–Kier alpha value is -2.63. The average molecular weight is 280 g/mol. The van der Waals surface area contributed by atoms with E-state index >= 15 is 0 Å². The van der Waals surface area contributed by atoms with E-state index in [-0.39, 0.29) is 23.7 Å². The minimum atomic E-state index is -1.00. The summed E-state index contributed by atoms with van der Waals surface area (Å²) in [6, 6.07) is 4.35. The third kappa shape index (κ3) is 3.23. The number of hydrogen-bond donors (Lipinski definition) is 0. The van der Waals surface area contributed by atoms with Crippen LogP contribution >= 0.6 is 0 Å². The zero-order chi connectivity index (χ0) is 14.5. The summed E-state index contributed by atoms with van der Waals surface area (Å²) in [5.74, 6) is -1.70. The number of halogens is 2. The monoisotopic (exact) mass is 280 g/mol. The molecule has 0 fully saturated rings. The second-order valence-electron chi connectivity index (χ2n) is 3.73. The summed E-state index contributed by atoms with van der Waals surface area (Å²) >= 11 is 0. The maximum atomic E-state index is 13.2. The third-order valence-corrected chi connectivity index (χ3v) is 2.30. The van der Waals surface area contributed by atoms with Gasteiger partial charge in [0.1, 0.15) is 18.2 Å². The van der Waals surface area contributed by atoms with Crippen LogP contribution in [-0.2, 0) is 4.74 Å². The summed E-state index contributed by atoms with van der Waals surface area (Å²) < 4.78 is 40.7. The fourth-order valence-corrected chi connectivity index (χ4v) is 1.53. The quantitative estimate of drug-likeness (QED) is 0.629. The summed E-state index contributed by atoms with van der Waals surface area (Å²) in [7, 11) is 0. The maximum absolute atomic E-state index is 13.2. The Labute approximate surface area is 113 Å². The molecule has 0 amide bonds. The highest BCUT2D eigenvalue weighted by Crippen LogP contribution is 2.32. The van der Waals surface area contributed by atoms with Gasteiger partial charge in [0.15, 0.2) is 0 Å². The zero-order valence-corrected chi connectivity index (χ0v) is 10.3. The summed E-state index contributed by atoms with van der Waals surface area (Å²) in [6.07, 6.45) is 1.60. The summed E-state index contributed by atoms with van der Waals surface area (Å²) in [5.41, 5.74) is 0.418. The Morgan fingerprint density at radius 1 is 1.30 bits per heavy atom. The third-order valence-electron chi connectivity index (χ3n) is 2.30. The molecule has 2 aromatic rings. The zero-order valence-electron chi connectivity index (χ0n) is 10.3. The van der Waals surface area contributed by atoms with Crippen LogP contribution in [0.3, 0.4) is 0 Å². The van der Waals surface area contributed by atoms with Gasteiger partial charge in [-0.15, -0.1) is 0 Å². The van der Waals surface area contributed by atoms with Crippen LogP contribution in [0.25, 0.3) is 11.1 Å². The maximum Gasteiger partial charge on any atom is 0.516 e. The first kappa shape index (κ1) is 13.8. The van der Waals surface area contributed by atoms with Crippen LogP contribution in [-0.4, -0.2) is 12.8 Å². The summed E-state index contributed by atoms with van der Waals surface area (Å²) in [6.45, 7) is 3.35. The fraction of sp³-hybridized carbons (Fsp3) is 0.0714. The lowest BCUT2D eigenvalue weighted by atomic mass is 10.1. The van der Waals surface area contributed by atoms with Crippen molar-refractivity contribution in [3.05, 3.63) is 54.8 Å². The van der Waals surface area contributed by atoms with Crippen LogP contribution in [0.15, 0.2) is 47.6 Å². The molecule has 0 saturated carbocycles. The molecule has 104 valence electrons. The van der Waals surface area contributed by atoms with E-state index in [0.29, 0.717) is 0 Å². The molecule has 1 heterocycles. The topological polar surface area (TPSA) is 48.7 Å². The molecular formula is C14H10F2O4. The molecule has 0 aliphatic heterocycles. The Morgan fingerprint density at radius 2 is 2.00 bits per heavy atom. The molecule has 0 spiro atoms. The van der Waals surface area contributed by atoms with Crippen LogP contribution in [0.5, 0.6) is 5.95 Å². The van der Waals surface area contributed by atoms with Crippen molar-refractivity contribution in [3.8, 4) is 17.1 Å². The second-order valence-corrected chi connectivity index (χ2v) is 3.73. The van der Waals surface area contributed by atoms with Crippen LogP contribution in [0.2, 0.25) is 0 Å². The largest absolute Gasteiger partial charge is 0.516 e. The average Bonchev–Trinajstić information content (AvgIpc) is 2.83. The van der Waals surface area contributed by atoms with Crippen molar-refractivity contribution in [2.45, 2.75) is 0 Å². The Kier molecular flexibility index (Phi) is 4.14. The van der Waals surface area contributed by atoms with Gasteiger partial charge in [-0.1, -0.05) is 12.7 Å². The molecule has 0 aliphatic carbocycles. The number of rotatable bonds is 4. The molecule has 0 bridgehead atoms. The van der Waals surface area contributed by atoms with Gasteiger partial charge in [-0.25, -0.2) is 13.6 Å². The van der Waals surface area contributed by atoms with E-state index in [1.165, 1.54) is 18.4 Å². The van der Waals surface area contributed by atoms with Gasteiger partial charge in [-0.2, -0.15) is 0 Å². The van der Waals surface area contributed by atoms with Crippen molar-refractivity contribution in [1.29, 1.82) is 0 Å². The van der Waals surface area contributed by atoms with Crippen molar-refractivity contribution in [1.82, 2.24) is 0 Å². The highest BCUT2D eigenvalue weighted by Gasteiger charge is 2.16. The number of hydrogen-bond acceptors (Lipinski definition) is 4. The van der Waals surface area contributed by atoms with Gasteiger partial charge in [0.2, 0.25) is 0 Å². The molecule has 0 unspecified atom stereocenters. The van der Waals surface area contributed by atoms with Crippen molar-refractivity contribution in [2.75, 3.05) is 6.61 Å². The van der Waals surface area contributed by atoms with Crippen LogP contribution in [0, 0.1) is 11.6 Å². The van der Waals surface area contributed by atoms with Crippen molar-refractivity contribution in [3.63, 3.8) is 0 Å². The molecule has 2 rings (SSSR count). The first-order chi connectivity index (χ1) is 9.60. The van der Waals surface area contributed by atoms with E-state index in [1.807, 2.05) is 0 Å². The number of carbonyl (C=O) groups is 1. The van der Waals surface area contributed by atoms with Crippen molar-refractivity contribution < 1.29 is 27.5 Å². The fourth-order valence-electron chi connectivity index (χ4n) is 1.53. The van der Waals surface area contributed by atoms with Gasteiger partial charge in [0.05, 0.1) is 11.8 Å². The standard InChI is InChI=1S/C14H10F2O4/c1-2-4-19-14(17)20-13-12(3-5-18-13)9-6-10(15)8-11(16)7-9/h2-3,5-8H,1,4H2. The highest BCUT2D eigenvalue weighted by atomic mass is 19.1. The van der Waals surface area contributed by atoms with E-state index in [9.17, 15) is 13.6 Å². The molecule has 0 saturated heterocycles. The lowest BCUT2D eigenvalue weighted by Gasteiger charge is -2.04. The minimum absolute atomic E-state index is 0.0243. The first-order valence-electron chi connectivity index (χ1n) is 5.59. The van der Waals surface area contributed by atoms with Crippen LogP contribution in [0.4, 0.5) is 13.6 Å². The SMILES string of the molecule is C=CCOC(=O)Oc1occc1-c1cc(F)cc(F)c1. The molecular weight excluding hydrogens is 270 g/mol.